The van der Waals surface area contributed by atoms with E-state index in [1.54, 1.807) is 0 Å². The average Bonchev–Trinajstić information content (AvgIpc) is 3.49. The van der Waals surface area contributed by atoms with Crippen molar-refractivity contribution in [2.24, 2.45) is 5.92 Å². The van der Waals surface area contributed by atoms with Gasteiger partial charge in [-0.15, -0.1) is 0 Å². The van der Waals surface area contributed by atoms with Crippen molar-refractivity contribution in [3.8, 4) is 0 Å². The van der Waals surface area contributed by atoms with Crippen LogP contribution in [0, 0.1) is 5.92 Å². The quantitative estimate of drug-likeness (QED) is 0.522. The minimum atomic E-state index is -1.32. The number of carbonyl (C=O) groups is 2. The number of nitrogens with zero attached hydrogens (tertiary/aromatic N) is 2. The van der Waals surface area contributed by atoms with Crippen LogP contribution in [-0.2, 0) is 33.3 Å². The van der Waals surface area contributed by atoms with Crippen LogP contribution in [0.4, 0.5) is 0 Å². The summed E-state index contributed by atoms with van der Waals surface area (Å²) in [6.07, 6.45) is 4.54. The van der Waals surface area contributed by atoms with Crippen LogP contribution in [0.3, 0.4) is 0 Å². The van der Waals surface area contributed by atoms with Gasteiger partial charge < -0.3 is 23.7 Å². The molecule has 4 rings (SSSR count). The van der Waals surface area contributed by atoms with Gasteiger partial charge >= 0.3 is 11.9 Å². The Labute approximate surface area is 197 Å². The third kappa shape index (κ3) is 5.37. The van der Waals surface area contributed by atoms with E-state index in [4.69, 9.17) is 23.7 Å². The standard InChI is InChI=1S/C24H40N2O7/c1-5-29-21(27)17-8-10-18(11-9-17)32-24(25-12-6-7-13-25,22(28)33-23(2,3)4)26-14-19-20(15-26)31-16-30-19/h17-20H,5-16H2,1-4H3/t17?,18?,19-,20+,24?. The van der Waals surface area contributed by atoms with Crippen molar-refractivity contribution in [1.82, 2.24) is 9.80 Å². The molecule has 0 N–H and O–H groups in total. The maximum Gasteiger partial charge on any atom is 0.371 e. The molecule has 0 aromatic heterocycles. The molecule has 0 bridgehead atoms. The summed E-state index contributed by atoms with van der Waals surface area (Å²) in [6, 6.07) is 0. The van der Waals surface area contributed by atoms with Gasteiger partial charge in [0.25, 0.3) is 5.85 Å². The first-order chi connectivity index (χ1) is 15.7. The van der Waals surface area contributed by atoms with Crippen molar-refractivity contribution in [3.05, 3.63) is 0 Å². The molecule has 0 amide bonds. The van der Waals surface area contributed by atoms with Crippen LogP contribution in [0.25, 0.3) is 0 Å². The minimum absolute atomic E-state index is 0.0717. The first kappa shape index (κ1) is 24.9. The fraction of sp³-hybridized carbons (Fsp3) is 0.917. The van der Waals surface area contributed by atoms with Crippen molar-refractivity contribution in [3.63, 3.8) is 0 Å². The highest BCUT2D eigenvalue weighted by Crippen LogP contribution is 2.39. The first-order valence-corrected chi connectivity index (χ1v) is 12.5. The van der Waals surface area contributed by atoms with Crippen LogP contribution < -0.4 is 0 Å². The van der Waals surface area contributed by atoms with E-state index < -0.39 is 11.4 Å². The van der Waals surface area contributed by atoms with E-state index in [-0.39, 0.29) is 36.2 Å². The molecule has 3 saturated heterocycles. The molecule has 4 fully saturated rings. The number of likely N-dealkylation sites (tertiary alicyclic amines) is 2. The van der Waals surface area contributed by atoms with Crippen LogP contribution >= 0.6 is 0 Å². The van der Waals surface area contributed by atoms with Crippen molar-refractivity contribution in [2.45, 2.75) is 96.0 Å². The van der Waals surface area contributed by atoms with Gasteiger partial charge in [0.05, 0.1) is 18.6 Å². The summed E-state index contributed by atoms with van der Waals surface area (Å²) < 4.78 is 29.5. The lowest BCUT2D eigenvalue weighted by molar-refractivity contribution is -0.277. The normalized spacial score (nSPS) is 33.0. The van der Waals surface area contributed by atoms with Crippen LogP contribution in [0.15, 0.2) is 0 Å². The Balaban J connectivity index is 1.57. The molecule has 0 spiro atoms. The van der Waals surface area contributed by atoms with Gasteiger partial charge in [-0.1, -0.05) is 0 Å². The largest absolute Gasteiger partial charge is 0.466 e. The zero-order valence-corrected chi connectivity index (χ0v) is 20.5. The minimum Gasteiger partial charge on any atom is -0.466 e. The molecule has 9 heteroatoms. The van der Waals surface area contributed by atoms with Gasteiger partial charge in [0.15, 0.2) is 0 Å². The fourth-order valence-electron chi connectivity index (χ4n) is 5.45. The topological polar surface area (TPSA) is 86.8 Å². The lowest BCUT2D eigenvalue weighted by Gasteiger charge is -2.48. The van der Waals surface area contributed by atoms with Crippen LogP contribution in [0.5, 0.6) is 0 Å². The molecule has 188 valence electrons. The number of ether oxygens (including phenoxy) is 5. The Hall–Kier alpha value is -1.26. The molecule has 9 nitrogen and oxygen atoms in total. The highest BCUT2D eigenvalue weighted by Gasteiger charge is 2.59. The number of esters is 2. The summed E-state index contributed by atoms with van der Waals surface area (Å²) in [5, 5.41) is 0. The zero-order valence-electron chi connectivity index (χ0n) is 20.5. The van der Waals surface area contributed by atoms with E-state index in [9.17, 15) is 9.59 Å². The third-order valence-corrected chi connectivity index (χ3v) is 7.03. The molecule has 33 heavy (non-hydrogen) atoms. The van der Waals surface area contributed by atoms with E-state index in [1.165, 1.54) is 0 Å². The SMILES string of the molecule is CCOC(=O)C1CCC(OC(C(=O)OC(C)(C)C)(N2CCCC2)N2C[C@@H]3OCO[C@@H]3C2)CC1. The predicted molar refractivity (Wildman–Crippen MR) is 119 cm³/mol. The van der Waals surface area contributed by atoms with Crippen molar-refractivity contribution >= 4 is 11.9 Å². The van der Waals surface area contributed by atoms with Crippen molar-refractivity contribution < 1.29 is 33.3 Å². The maximum absolute atomic E-state index is 13.9. The summed E-state index contributed by atoms with van der Waals surface area (Å²) >= 11 is 0. The van der Waals surface area contributed by atoms with Gasteiger partial charge in [-0.25, -0.2) is 9.69 Å². The molecule has 1 aliphatic carbocycles. The average molecular weight is 469 g/mol. The van der Waals surface area contributed by atoms with E-state index in [0.29, 0.717) is 52.2 Å². The van der Waals surface area contributed by atoms with E-state index in [2.05, 4.69) is 9.80 Å². The molecule has 0 radical (unpaired) electrons. The molecule has 1 saturated carbocycles. The van der Waals surface area contributed by atoms with E-state index in [1.807, 2.05) is 27.7 Å². The Kier molecular flexibility index (Phi) is 7.65. The summed E-state index contributed by atoms with van der Waals surface area (Å²) in [7, 11) is 0. The molecule has 3 heterocycles. The Morgan fingerprint density at radius 1 is 0.939 bits per heavy atom. The molecule has 4 aliphatic rings. The third-order valence-electron chi connectivity index (χ3n) is 7.03. The second-order valence-electron chi connectivity index (χ2n) is 10.6. The monoisotopic (exact) mass is 468 g/mol. The summed E-state index contributed by atoms with van der Waals surface area (Å²) in [6.45, 7) is 10.8. The summed E-state index contributed by atoms with van der Waals surface area (Å²) in [5.74, 6) is -1.91. The van der Waals surface area contributed by atoms with Crippen molar-refractivity contribution in [2.75, 3.05) is 39.6 Å². The smallest absolute Gasteiger partial charge is 0.371 e. The lowest BCUT2D eigenvalue weighted by atomic mass is 9.87. The summed E-state index contributed by atoms with van der Waals surface area (Å²) in [4.78, 5) is 30.3. The van der Waals surface area contributed by atoms with Crippen LogP contribution in [0.2, 0.25) is 0 Å². The molecule has 0 aromatic carbocycles. The number of hydrogen-bond donors (Lipinski definition) is 0. The van der Waals surface area contributed by atoms with Gasteiger partial charge in [-0.2, -0.15) is 0 Å². The van der Waals surface area contributed by atoms with Gasteiger partial charge in [0.1, 0.15) is 24.6 Å². The van der Waals surface area contributed by atoms with E-state index in [0.717, 1.165) is 25.9 Å². The van der Waals surface area contributed by atoms with Gasteiger partial charge in [0, 0.05) is 26.2 Å². The lowest BCUT2D eigenvalue weighted by Crippen LogP contribution is -2.68. The number of carbonyl (C=O) groups excluding carboxylic acids is 2. The summed E-state index contributed by atoms with van der Waals surface area (Å²) in [5.41, 5.74) is -0.643. The molecular formula is C24H40N2O7. The molecule has 3 aliphatic heterocycles. The van der Waals surface area contributed by atoms with E-state index >= 15 is 0 Å². The number of fused-ring (bicyclic) bond motifs is 1. The first-order valence-electron chi connectivity index (χ1n) is 12.5. The highest BCUT2D eigenvalue weighted by atomic mass is 16.7. The number of rotatable bonds is 7. The van der Waals surface area contributed by atoms with Crippen molar-refractivity contribution in [1.29, 1.82) is 0 Å². The maximum atomic E-state index is 13.9. The Morgan fingerprint density at radius 2 is 1.55 bits per heavy atom. The Morgan fingerprint density at radius 3 is 2.09 bits per heavy atom. The second kappa shape index (κ2) is 10.2. The van der Waals surface area contributed by atoms with Gasteiger partial charge in [-0.3, -0.25) is 9.69 Å². The van der Waals surface area contributed by atoms with Crippen LogP contribution in [0.1, 0.15) is 66.2 Å². The van der Waals surface area contributed by atoms with Gasteiger partial charge in [-0.05, 0) is 66.2 Å². The highest BCUT2D eigenvalue weighted by molar-refractivity contribution is 5.79. The second-order valence-corrected chi connectivity index (χ2v) is 10.6. The van der Waals surface area contributed by atoms with Crippen LogP contribution in [-0.4, -0.2) is 91.1 Å². The van der Waals surface area contributed by atoms with Gasteiger partial charge in [0.2, 0.25) is 0 Å². The fourth-order valence-corrected chi connectivity index (χ4v) is 5.45. The predicted octanol–water partition coefficient (Wildman–Crippen LogP) is 2.27. The molecule has 0 aromatic rings. The number of hydrogen-bond acceptors (Lipinski definition) is 9. The molecule has 1 unspecified atom stereocenters. The Bertz CT molecular complexity index is 685. The molecule has 3 atom stereocenters. The molecular weight excluding hydrogens is 428 g/mol. The zero-order chi connectivity index (χ0) is 23.6.